The lowest BCUT2D eigenvalue weighted by Gasteiger charge is -2.32. The van der Waals surface area contributed by atoms with E-state index in [-0.39, 0.29) is 0 Å². The van der Waals surface area contributed by atoms with E-state index in [0.717, 1.165) is 10.5 Å². The number of hydrogen-bond acceptors (Lipinski definition) is 4. The smallest absolute Gasteiger partial charge is 0.323 e. The molecule has 2 aliphatic heterocycles. The summed E-state index contributed by atoms with van der Waals surface area (Å²) in [4.78, 5) is 56.0. The number of nitrogens with two attached hydrogens (primary N) is 1. The van der Waals surface area contributed by atoms with Crippen LogP contribution in [0.4, 0.5) is 16.2 Å². The zero-order valence-corrected chi connectivity index (χ0v) is 19.0. The first-order valence-corrected chi connectivity index (χ1v) is 11.3. The standard InChI is InChI=1S/C27H24N4O4/c1-16-12-14-17(15-13-16)22-20-21(26(34)30(25(20)33)19-10-6-3-7-11-19)23(24(28)32)31(22)27(35)29-18-8-4-2-5-9-18/h2-15,20-23H,1H3,(H2,28,32)(H,29,35). The molecule has 3 aromatic carbocycles. The molecule has 4 unspecified atom stereocenters. The van der Waals surface area contributed by atoms with E-state index in [4.69, 9.17) is 5.73 Å². The van der Waals surface area contributed by atoms with Crippen molar-refractivity contribution in [1.82, 2.24) is 4.90 Å². The van der Waals surface area contributed by atoms with Crippen molar-refractivity contribution in [3.05, 3.63) is 96.1 Å². The summed E-state index contributed by atoms with van der Waals surface area (Å²) in [5.74, 6) is -3.88. The summed E-state index contributed by atoms with van der Waals surface area (Å²) in [7, 11) is 0. The van der Waals surface area contributed by atoms with Crippen LogP contribution in [0.2, 0.25) is 0 Å². The first-order chi connectivity index (χ1) is 16.9. The summed E-state index contributed by atoms with van der Waals surface area (Å²) < 4.78 is 0. The SMILES string of the molecule is Cc1ccc(C2C3C(=O)N(c4ccccc4)C(=O)C3C(C(N)=O)N2C(=O)Nc2ccccc2)cc1. The molecule has 0 spiro atoms. The molecule has 8 nitrogen and oxygen atoms in total. The molecule has 2 fully saturated rings. The molecule has 5 rings (SSSR count). The van der Waals surface area contributed by atoms with Crippen molar-refractivity contribution in [3.8, 4) is 0 Å². The number of primary amides is 1. The largest absolute Gasteiger partial charge is 0.368 e. The van der Waals surface area contributed by atoms with Gasteiger partial charge in [-0.3, -0.25) is 14.4 Å². The average molecular weight is 469 g/mol. The number of rotatable bonds is 4. The number of benzene rings is 3. The van der Waals surface area contributed by atoms with Gasteiger partial charge in [0.2, 0.25) is 17.7 Å². The summed E-state index contributed by atoms with van der Waals surface area (Å²) in [6.07, 6.45) is 0. The number of imide groups is 1. The van der Waals surface area contributed by atoms with Crippen LogP contribution < -0.4 is 16.0 Å². The molecule has 5 amide bonds. The Hall–Kier alpha value is -4.46. The molecule has 3 N–H and O–H groups in total. The molecule has 0 saturated carbocycles. The highest BCUT2D eigenvalue weighted by atomic mass is 16.2. The number of likely N-dealkylation sites (tertiary alicyclic amines) is 1. The average Bonchev–Trinajstić information content (AvgIpc) is 3.34. The van der Waals surface area contributed by atoms with Gasteiger partial charge in [0.1, 0.15) is 6.04 Å². The van der Waals surface area contributed by atoms with Crippen LogP contribution >= 0.6 is 0 Å². The maximum absolute atomic E-state index is 13.7. The van der Waals surface area contributed by atoms with E-state index < -0.39 is 47.7 Å². The van der Waals surface area contributed by atoms with Crippen molar-refractivity contribution in [3.63, 3.8) is 0 Å². The summed E-state index contributed by atoms with van der Waals surface area (Å²) in [5.41, 5.74) is 8.37. The van der Waals surface area contributed by atoms with E-state index >= 15 is 0 Å². The summed E-state index contributed by atoms with van der Waals surface area (Å²) in [6, 6.07) is 21.9. The number of urea groups is 1. The second-order valence-corrected chi connectivity index (χ2v) is 8.81. The molecular weight excluding hydrogens is 444 g/mol. The van der Waals surface area contributed by atoms with Crippen LogP contribution in [0.3, 0.4) is 0 Å². The van der Waals surface area contributed by atoms with Gasteiger partial charge in [-0.15, -0.1) is 0 Å². The molecule has 2 saturated heterocycles. The van der Waals surface area contributed by atoms with Crippen LogP contribution in [0.15, 0.2) is 84.9 Å². The third-order valence-electron chi connectivity index (χ3n) is 6.66. The maximum atomic E-state index is 13.7. The molecule has 0 aliphatic carbocycles. The predicted molar refractivity (Wildman–Crippen MR) is 130 cm³/mol. The van der Waals surface area contributed by atoms with Crippen LogP contribution in [0.5, 0.6) is 0 Å². The van der Waals surface area contributed by atoms with Gasteiger partial charge in [-0.2, -0.15) is 0 Å². The number of anilines is 2. The maximum Gasteiger partial charge on any atom is 0.323 e. The lowest BCUT2D eigenvalue weighted by Crippen LogP contribution is -2.51. The molecule has 0 bridgehead atoms. The van der Waals surface area contributed by atoms with Gasteiger partial charge in [0.15, 0.2) is 0 Å². The molecule has 35 heavy (non-hydrogen) atoms. The number of aryl methyl sites for hydroxylation is 1. The Balaban J connectivity index is 1.62. The fraction of sp³-hybridized carbons (Fsp3) is 0.185. The quantitative estimate of drug-likeness (QED) is 0.572. The topological polar surface area (TPSA) is 113 Å². The van der Waals surface area contributed by atoms with Gasteiger partial charge in [0.25, 0.3) is 0 Å². The minimum atomic E-state index is -1.29. The second kappa shape index (κ2) is 8.72. The molecule has 4 atom stereocenters. The highest BCUT2D eigenvalue weighted by Gasteiger charge is 2.65. The van der Waals surface area contributed by atoms with E-state index in [1.807, 2.05) is 37.3 Å². The molecule has 8 heteroatoms. The molecule has 2 heterocycles. The van der Waals surface area contributed by atoms with Gasteiger partial charge in [-0.1, -0.05) is 66.2 Å². The Morgan fingerprint density at radius 1 is 0.800 bits per heavy atom. The first-order valence-electron chi connectivity index (χ1n) is 11.3. The van der Waals surface area contributed by atoms with Gasteiger partial charge in [-0.05, 0) is 36.8 Å². The monoisotopic (exact) mass is 468 g/mol. The highest BCUT2D eigenvalue weighted by molar-refractivity contribution is 6.24. The second-order valence-electron chi connectivity index (χ2n) is 8.81. The predicted octanol–water partition coefficient (Wildman–Crippen LogP) is 3.24. The zero-order valence-electron chi connectivity index (χ0n) is 19.0. The Morgan fingerprint density at radius 2 is 1.37 bits per heavy atom. The minimum Gasteiger partial charge on any atom is -0.368 e. The van der Waals surface area contributed by atoms with Gasteiger partial charge in [0.05, 0.1) is 23.6 Å². The number of carbonyl (C=O) groups excluding carboxylic acids is 4. The lowest BCUT2D eigenvalue weighted by atomic mass is 9.86. The zero-order chi connectivity index (χ0) is 24.7. The molecule has 0 aromatic heterocycles. The number of nitrogens with zero attached hydrogens (tertiary/aromatic N) is 2. The Kier molecular flexibility index (Phi) is 5.56. The van der Waals surface area contributed by atoms with Crippen molar-refractivity contribution >= 4 is 35.1 Å². The van der Waals surface area contributed by atoms with Gasteiger partial charge < -0.3 is 16.0 Å². The third-order valence-corrected chi connectivity index (χ3v) is 6.66. The highest BCUT2D eigenvalue weighted by Crippen LogP contribution is 2.51. The van der Waals surface area contributed by atoms with Crippen molar-refractivity contribution in [2.75, 3.05) is 10.2 Å². The third kappa shape index (κ3) is 3.73. The van der Waals surface area contributed by atoms with Crippen molar-refractivity contribution < 1.29 is 19.2 Å². The van der Waals surface area contributed by atoms with Gasteiger partial charge >= 0.3 is 6.03 Å². The number of hydrogen-bond donors (Lipinski definition) is 2. The number of nitrogens with one attached hydrogen (secondary N) is 1. The van der Waals surface area contributed by atoms with Gasteiger partial charge in [-0.25, -0.2) is 9.69 Å². The molecule has 2 aliphatic rings. The van der Waals surface area contributed by atoms with Crippen molar-refractivity contribution in [1.29, 1.82) is 0 Å². The van der Waals surface area contributed by atoms with Crippen LogP contribution in [0.1, 0.15) is 17.2 Å². The Bertz CT molecular complexity index is 1290. The molecule has 3 aromatic rings. The van der Waals surface area contributed by atoms with Crippen LogP contribution in [-0.4, -0.2) is 34.7 Å². The summed E-state index contributed by atoms with van der Waals surface area (Å²) in [6.45, 7) is 1.93. The normalized spacial score (nSPS) is 23.3. The van der Waals surface area contributed by atoms with Crippen molar-refractivity contribution in [2.45, 2.75) is 19.0 Å². The number of fused-ring (bicyclic) bond motifs is 1. The van der Waals surface area contributed by atoms with Crippen LogP contribution in [0, 0.1) is 18.8 Å². The van der Waals surface area contributed by atoms with E-state index in [2.05, 4.69) is 5.32 Å². The van der Waals surface area contributed by atoms with E-state index in [1.165, 1.54) is 4.90 Å². The first kappa shape index (κ1) is 22.3. The fourth-order valence-corrected chi connectivity index (χ4v) is 5.14. The minimum absolute atomic E-state index is 0.420. The van der Waals surface area contributed by atoms with Crippen LogP contribution in [-0.2, 0) is 14.4 Å². The van der Waals surface area contributed by atoms with E-state index in [1.54, 1.807) is 54.6 Å². The molecule has 176 valence electrons. The summed E-state index contributed by atoms with van der Waals surface area (Å²) >= 11 is 0. The number of para-hydroxylation sites is 2. The Labute approximate surface area is 202 Å². The van der Waals surface area contributed by atoms with Gasteiger partial charge in [0, 0.05) is 5.69 Å². The molecular formula is C27H24N4O4. The number of carbonyl (C=O) groups is 4. The lowest BCUT2D eigenvalue weighted by molar-refractivity contribution is -0.129. The molecule has 0 radical (unpaired) electrons. The van der Waals surface area contributed by atoms with E-state index in [0.29, 0.717) is 16.9 Å². The van der Waals surface area contributed by atoms with E-state index in [9.17, 15) is 19.2 Å². The van der Waals surface area contributed by atoms with Crippen molar-refractivity contribution in [2.24, 2.45) is 17.6 Å². The Morgan fingerprint density at radius 3 is 1.97 bits per heavy atom. The fourth-order valence-electron chi connectivity index (χ4n) is 5.14. The number of amides is 5. The van der Waals surface area contributed by atoms with Crippen LogP contribution in [0.25, 0.3) is 0 Å². The summed E-state index contributed by atoms with van der Waals surface area (Å²) in [5, 5.41) is 2.78.